The molecule has 0 aliphatic heterocycles. The predicted molar refractivity (Wildman–Crippen MR) is 197 cm³/mol. The van der Waals surface area contributed by atoms with E-state index in [-0.39, 0.29) is 29.5 Å². The summed E-state index contributed by atoms with van der Waals surface area (Å²) < 4.78 is 37.4. The number of fused-ring (bicyclic) bond motifs is 1. The molecule has 0 saturated heterocycles. The number of ether oxygens (including phenoxy) is 2. The Bertz CT molecular complexity index is 2120. The molecule has 0 radical (unpaired) electrons. The van der Waals surface area contributed by atoms with Crippen LogP contribution >= 0.6 is 0 Å². The molecule has 1 aliphatic rings. The zero-order valence-electron chi connectivity index (χ0n) is 29.8. The molecule has 14 heteroatoms. The Morgan fingerprint density at radius 3 is 2.29 bits per heavy atom. The zero-order chi connectivity index (χ0) is 37.8. The molecule has 52 heavy (non-hydrogen) atoms. The molecular weight excluding hydrogens is 689 g/mol. The lowest BCUT2D eigenvalue weighted by Crippen LogP contribution is -2.34. The van der Waals surface area contributed by atoms with Gasteiger partial charge in [-0.2, -0.15) is 0 Å². The number of carbonyl (C=O) groups excluding carboxylic acids is 2. The Kier molecular flexibility index (Phi) is 11.3. The number of sulfone groups is 1. The largest absolute Gasteiger partial charge is 0.479 e. The second-order valence-corrected chi connectivity index (χ2v) is 16.1. The average Bonchev–Trinajstić information content (AvgIpc) is 3.94. The molecule has 1 heterocycles. The third-order valence-electron chi connectivity index (χ3n) is 8.67. The number of anilines is 2. The predicted octanol–water partition coefficient (Wildman–Crippen LogP) is 6.81. The number of hydrogen-bond donors (Lipinski definition) is 4. The van der Waals surface area contributed by atoms with Crippen LogP contribution in [0.5, 0.6) is 0 Å². The van der Waals surface area contributed by atoms with Crippen LogP contribution in [0.3, 0.4) is 0 Å². The Labute approximate surface area is 302 Å². The van der Waals surface area contributed by atoms with E-state index in [1.165, 1.54) is 30.1 Å². The van der Waals surface area contributed by atoms with Crippen LogP contribution in [-0.2, 0) is 30.7 Å². The minimum absolute atomic E-state index is 0.0241. The average molecular weight is 733 g/mol. The summed E-state index contributed by atoms with van der Waals surface area (Å²) >= 11 is 0. The number of H-pyrrole nitrogens is 1. The first kappa shape index (κ1) is 37.9. The summed E-state index contributed by atoms with van der Waals surface area (Å²) in [4.78, 5) is 54.1. The minimum atomic E-state index is -3.61. The smallest absolute Gasteiger partial charge is 0.411 e. The van der Waals surface area contributed by atoms with Crippen molar-refractivity contribution in [3.63, 3.8) is 0 Å². The fraction of sp³-hybridized carbons (Fsp3) is 0.368. The van der Waals surface area contributed by atoms with Gasteiger partial charge < -0.3 is 29.8 Å². The van der Waals surface area contributed by atoms with Crippen molar-refractivity contribution in [3.05, 3.63) is 100.0 Å². The molecule has 1 saturated carbocycles. The van der Waals surface area contributed by atoms with E-state index in [1.807, 2.05) is 6.92 Å². The summed E-state index contributed by atoms with van der Waals surface area (Å²) in [7, 11) is -2.10. The maximum absolute atomic E-state index is 13.2. The Morgan fingerprint density at radius 2 is 1.65 bits per heavy atom. The number of pyridine rings is 1. The highest BCUT2D eigenvalue weighted by molar-refractivity contribution is 7.92. The summed E-state index contributed by atoms with van der Waals surface area (Å²) in [5, 5.41) is 16.4. The second-order valence-electron chi connectivity index (χ2n) is 13.9. The fourth-order valence-corrected chi connectivity index (χ4v) is 7.61. The third kappa shape index (κ3) is 9.29. The van der Waals surface area contributed by atoms with Gasteiger partial charge in [0.1, 0.15) is 12.2 Å². The number of carbonyl (C=O) groups is 3. The number of rotatable bonds is 13. The molecular formula is C38H44N4O9S. The number of carboxylic acids is 1. The first-order chi connectivity index (χ1) is 24.5. The number of amides is 2. The van der Waals surface area contributed by atoms with E-state index in [0.717, 1.165) is 10.9 Å². The Morgan fingerprint density at radius 1 is 0.981 bits per heavy atom. The summed E-state index contributed by atoms with van der Waals surface area (Å²) in [5.41, 5.74) is 1.44. The molecule has 0 bridgehead atoms. The quantitative estimate of drug-likeness (QED) is 0.114. The molecule has 1 aliphatic carbocycles. The minimum Gasteiger partial charge on any atom is -0.479 e. The Balaban J connectivity index is 1.24. The summed E-state index contributed by atoms with van der Waals surface area (Å²) in [5.74, 6) is -1.30. The molecule has 1 fully saturated rings. The molecule has 0 spiro atoms. The van der Waals surface area contributed by atoms with E-state index in [0.29, 0.717) is 47.2 Å². The summed E-state index contributed by atoms with van der Waals surface area (Å²) in [6.07, 6.45) is 1.95. The van der Waals surface area contributed by atoms with Gasteiger partial charge in [0.05, 0.1) is 16.7 Å². The van der Waals surface area contributed by atoms with Crippen molar-refractivity contribution in [3.8, 4) is 0 Å². The van der Waals surface area contributed by atoms with Gasteiger partial charge in [0.15, 0.2) is 15.9 Å². The lowest BCUT2D eigenvalue weighted by molar-refractivity contribution is -0.138. The van der Waals surface area contributed by atoms with E-state index in [2.05, 4.69) is 15.6 Å². The van der Waals surface area contributed by atoms with E-state index in [1.54, 1.807) is 75.5 Å². The fourth-order valence-electron chi connectivity index (χ4n) is 5.74. The van der Waals surface area contributed by atoms with Crippen LogP contribution in [0.15, 0.2) is 82.6 Å². The van der Waals surface area contributed by atoms with Gasteiger partial charge in [-0.1, -0.05) is 37.3 Å². The van der Waals surface area contributed by atoms with Crippen molar-refractivity contribution in [2.75, 3.05) is 24.3 Å². The highest BCUT2D eigenvalue weighted by Crippen LogP contribution is 2.36. The number of nitrogens with zero attached hydrogens (tertiary/aromatic N) is 1. The van der Waals surface area contributed by atoms with E-state index < -0.39 is 44.9 Å². The molecule has 5 rings (SSSR count). The molecule has 276 valence electrons. The number of aromatic nitrogens is 1. The maximum atomic E-state index is 13.2. The number of carboxylic acid groups (broad SMARTS) is 1. The Hall–Kier alpha value is -5.37. The molecule has 4 aromatic rings. The highest BCUT2D eigenvalue weighted by atomic mass is 32.2. The van der Waals surface area contributed by atoms with Gasteiger partial charge in [-0.25, -0.2) is 22.8 Å². The number of aromatic amines is 1. The molecule has 4 N–H and O–H groups in total. The molecule has 13 nitrogen and oxygen atoms in total. The lowest BCUT2D eigenvalue weighted by atomic mass is 9.95. The van der Waals surface area contributed by atoms with Crippen LogP contribution in [0.4, 0.5) is 21.0 Å². The monoisotopic (exact) mass is 732 g/mol. The van der Waals surface area contributed by atoms with Crippen molar-refractivity contribution in [2.45, 2.75) is 81.2 Å². The van der Waals surface area contributed by atoms with Crippen molar-refractivity contribution in [2.24, 2.45) is 0 Å². The van der Waals surface area contributed by atoms with Gasteiger partial charge in [0.2, 0.25) is 0 Å². The first-order valence-electron chi connectivity index (χ1n) is 17.0. The van der Waals surface area contributed by atoms with Crippen LogP contribution < -0.4 is 16.2 Å². The number of hydrogen-bond acceptors (Lipinski definition) is 9. The van der Waals surface area contributed by atoms with Crippen LogP contribution in [-0.4, -0.2) is 66.1 Å². The summed E-state index contributed by atoms with van der Waals surface area (Å²) in [6, 6.07) is 17.2. The van der Waals surface area contributed by atoms with Crippen LogP contribution in [0, 0.1) is 0 Å². The molecule has 2 atom stereocenters. The maximum Gasteiger partial charge on any atom is 0.411 e. The standard InChI is InChI=1S/C38H44N4O9S/c1-6-23(24-7-9-26(10-8-24)33(35(44)45)40-29-12-11-25-17-18-39-34(43)31(25)20-29)22-50-36(46)41-28-13-16-32(52(48,49)30-14-15-30)27(19-28)21-42(5)37(47)51-38(2,3)4/h7-13,16-20,23,30,33,40H,6,14-15,21-22H2,1-5H3,(H,39,43)(H,41,46)(H,44,45)/t23-,33?/m0/s1. The zero-order valence-corrected chi connectivity index (χ0v) is 30.6. The van der Waals surface area contributed by atoms with Crippen molar-refractivity contribution >= 4 is 50.1 Å². The van der Waals surface area contributed by atoms with Crippen molar-refractivity contribution in [1.82, 2.24) is 9.88 Å². The van der Waals surface area contributed by atoms with E-state index in [4.69, 9.17) is 9.47 Å². The van der Waals surface area contributed by atoms with Crippen LogP contribution in [0.25, 0.3) is 10.8 Å². The van der Waals surface area contributed by atoms with Gasteiger partial charge in [-0.3, -0.25) is 10.1 Å². The third-order valence-corrected chi connectivity index (χ3v) is 11.0. The SMILES string of the molecule is CC[C@@H](COC(=O)Nc1ccc(S(=O)(=O)C2CC2)c(CN(C)C(=O)OC(C)(C)C)c1)c1ccc(C(Nc2ccc3cc[nH]c(=O)c3c2)C(=O)O)cc1. The molecule has 3 aromatic carbocycles. The van der Waals surface area contributed by atoms with Gasteiger partial charge in [-0.15, -0.1) is 0 Å². The number of aliphatic carboxylic acids is 1. The van der Waals surface area contributed by atoms with Gasteiger partial charge in [0.25, 0.3) is 5.56 Å². The second kappa shape index (κ2) is 15.5. The lowest BCUT2D eigenvalue weighted by Gasteiger charge is -2.25. The number of nitrogens with one attached hydrogen (secondary N) is 3. The first-order valence-corrected chi connectivity index (χ1v) is 18.6. The number of benzene rings is 3. The van der Waals surface area contributed by atoms with Crippen molar-refractivity contribution in [1.29, 1.82) is 0 Å². The van der Waals surface area contributed by atoms with Crippen molar-refractivity contribution < 1.29 is 37.4 Å². The molecule has 1 aromatic heterocycles. The summed E-state index contributed by atoms with van der Waals surface area (Å²) in [6.45, 7) is 7.12. The normalized spacial score (nSPS) is 14.2. The van der Waals surface area contributed by atoms with Gasteiger partial charge in [-0.05, 0) is 98.5 Å². The van der Waals surface area contributed by atoms with Gasteiger partial charge >= 0.3 is 18.2 Å². The van der Waals surface area contributed by atoms with E-state index >= 15 is 0 Å². The van der Waals surface area contributed by atoms with Crippen LogP contribution in [0.2, 0.25) is 0 Å². The molecule has 2 amide bonds. The highest BCUT2D eigenvalue weighted by Gasteiger charge is 2.38. The topological polar surface area (TPSA) is 184 Å². The van der Waals surface area contributed by atoms with Gasteiger partial charge in [0, 0.05) is 35.9 Å². The van der Waals surface area contributed by atoms with E-state index in [9.17, 15) is 32.7 Å². The van der Waals surface area contributed by atoms with Crippen LogP contribution in [0.1, 0.15) is 75.6 Å². The molecule has 1 unspecified atom stereocenters.